The lowest BCUT2D eigenvalue weighted by molar-refractivity contribution is -0.257. The van der Waals surface area contributed by atoms with Crippen LogP contribution in [0.2, 0.25) is 0 Å². The summed E-state index contributed by atoms with van der Waals surface area (Å²) in [5.74, 6) is -1.05. The molecule has 5 heteroatoms. The number of benzene rings is 1. The van der Waals surface area contributed by atoms with Crippen LogP contribution in [0.1, 0.15) is 10.6 Å². The standard InChI is InChI=1S/C12H7NO3S/c14-12(15)9-6-5-8(16-9)11-13-7-3-1-2-4-10(7)17-11/h1-6H,(H,14,15)/p-1. The van der Waals surface area contributed by atoms with Crippen molar-refractivity contribution in [3.05, 3.63) is 42.2 Å². The second kappa shape index (κ2) is 3.71. The van der Waals surface area contributed by atoms with Crippen molar-refractivity contribution in [3.63, 3.8) is 0 Å². The van der Waals surface area contributed by atoms with Crippen LogP contribution in [0.5, 0.6) is 0 Å². The Morgan fingerprint density at radius 1 is 1.24 bits per heavy atom. The Hall–Kier alpha value is -2.14. The molecule has 0 saturated carbocycles. The van der Waals surface area contributed by atoms with Crippen LogP contribution < -0.4 is 5.11 Å². The number of fused-ring (bicyclic) bond motifs is 1. The first-order valence-corrected chi connectivity index (χ1v) is 5.73. The molecule has 0 aliphatic carbocycles. The van der Waals surface area contributed by atoms with Crippen LogP contribution in [0, 0.1) is 0 Å². The molecule has 84 valence electrons. The van der Waals surface area contributed by atoms with Crippen LogP contribution in [0.15, 0.2) is 40.8 Å². The summed E-state index contributed by atoms with van der Waals surface area (Å²) in [5, 5.41) is 11.3. The fourth-order valence-electron chi connectivity index (χ4n) is 1.54. The van der Waals surface area contributed by atoms with Crippen molar-refractivity contribution >= 4 is 27.5 Å². The van der Waals surface area contributed by atoms with Crippen LogP contribution in [0.3, 0.4) is 0 Å². The van der Waals surface area contributed by atoms with Gasteiger partial charge < -0.3 is 14.3 Å². The van der Waals surface area contributed by atoms with Crippen molar-refractivity contribution in [2.45, 2.75) is 0 Å². The van der Waals surface area contributed by atoms with E-state index in [2.05, 4.69) is 4.98 Å². The molecule has 2 heterocycles. The van der Waals surface area contributed by atoms with Crippen molar-refractivity contribution in [3.8, 4) is 10.8 Å². The molecule has 3 aromatic rings. The number of furan rings is 1. The maximum Gasteiger partial charge on any atom is 0.163 e. The van der Waals surface area contributed by atoms with Gasteiger partial charge in [0.1, 0.15) is 11.7 Å². The molecule has 0 aliphatic rings. The first kappa shape index (κ1) is 10.0. The number of thiazole rings is 1. The number of hydrogen-bond donors (Lipinski definition) is 0. The zero-order valence-electron chi connectivity index (χ0n) is 8.54. The van der Waals surface area contributed by atoms with E-state index in [4.69, 9.17) is 4.42 Å². The summed E-state index contributed by atoms with van der Waals surface area (Å²) in [6, 6.07) is 10.6. The first-order valence-electron chi connectivity index (χ1n) is 4.91. The SMILES string of the molecule is O=C([O-])c1ccc(-c2nc3ccccc3s2)o1. The highest BCUT2D eigenvalue weighted by Crippen LogP contribution is 2.30. The van der Waals surface area contributed by atoms with Gasteiger partial charge in [0.15, 0.2) is 10.8 Å². The van der Waals surface area contributed by atoms with Gasteiger partial charge in [-0.15, -0.1) is 11.3 Å². The van der Waals surface area contributed by atoms with E-state index >= 15 is 0 Å². The number of aromatic carboxylic acids is 1. The van der Waals surface area contributed by atoms with Crippen LogP contribution in [-0.4, -0.2) is 11.0 Å². The Kier molecular flexibility index (Phi) is 2.19. The Morgan fingerprint density at radius 3 is 2.76 bits per heavy atom. The second-order valence-corrected chi connectivity index (χ2v) is 4.47. The predicted molar refractivity (Wildman–Crippen MR) is 61.7 cm³/mol. The van der Waals surface area contributed by atoms with E-state index in [1.165, 1.54) is 17.4 Å². The zero-order valence-corrected chi connectivity index (χ0v) is 9.36. The van der Waals surface area contributed by atoms with Crippen molar-refractivity contribution in [2.75, 3.05) is 0 Å². The van der Waals surface area contributed by atoms with Crippen molar-refractivity contribution < 1.29 is 14.3 Å². The van der Waals surface area contributed by atoms with E-state index in [0.29, 0.717) is 10.8 Å². The zero-order chi connectivity index (χ0) is 11.8. The molecular weight excluding hydrogens is 238 g/mol. The highest BCUT2D eigenvalue weighted by Gasteiger charge is 2.10. The number of carbonyl (C=O) groups is 1. The largest absolute Gasteiger partial charge is 0.542 e. The minimum atomic E-state index is -1.32. The third-order valence-corrected chi connectivity index (χ3v) is 3.36. The van der Waals surface area contributed by atoms with Gasteiger partial charge in [0.2, 0.25) is 0 Å². The van der Waals surface area contributed by atoms with Crippen molar-refractivity contribution in [1.82, 2.24) is 4.98 Å². The summed E-state index contributed by atoms with van der Waals surface area (Å²) in [7, 11) is 0. The number of carboxylic acids is 1. The summed E-state index contributed by atoms with van der Waals surface area (Å²) in [4.78, 5) is 15.0. The summed E-state index contributed by atoms with van der Waals surface area (Å²) in [6.45, 7) is 0. The van der Waals surface area contributed by atoms with Crippen LogP contribution in [0.25, 0.3) is 21.0 Å². The normalized spacial score (nSPS) is 10.8. The summed E-state index contributed by atoms with van der Waals surface area (Å²) in [6.07, 6.45) is 0. The average Bonchev–Trinajstić information content (AvgIpc) is 2.95. The maximum absolute atomic E-state index is 10.6. The number of hydrogen-bond acceptors (Lipinski definition) is 5. The van der Waals surface area contributed by atoms with Gasteiger partial charge in [-0.05, 0) is 24.3 Å². The van der Waals surface area contributed by atoms with Crippen molar-refractivity contribution in [1.29, 1.82) is 0 Å². The molecule has 0 atom stereocenters. The lowest BCUT2D eigenvalue weighted by Gasteiger charge is -1.94. The first-order chi connectivity index (χ1) is 8.24. The molecule has 0 radical (unpaired) electrons. The molecule has 4 nitrogen and oxygen atoms in total. The molecule has 0 fully saturated rings. The van der Waals surface area contributed by atoms with Crippen LogP contribution in [0.4, 0.5) is 0 Å². The van der Waals surface area contributed by atoms with E-state index in [9.17, 15) is 9.90 Å². The van der Waals surface area contributed by atoms with Gasteiger partial charge in [-0.25, -0.2) is 4.98 Å². The minimum Gasteiger partial charge on any atom is -0.542 e. The lowest BCUT2D eigenvalue weighted by Crippen LogP contribution is -2.21. The Balaban J connectivity index is 2.10. The van der Waals surface area contributed by atoms with Gasteiger partial charge in [-0.1, -0.05) is 12.1 Å². The van der Waals surface area contributed by atoms with Crippen molar-refractivity contribution in [2.24, 2.45) is 0 Å². The van der Waals surface area contributed by atoms with Gasteiger partial charge in [-0.3, -0.25) is 0 Å². The number of rotatable bonds is 2. The number of para-hydroxylation sites is 1. The van der Waals surface area contributed by atoms with Gasteiger partial charge in [0.05, 0.1) is 10.2 Å². The average molecular weight is 244 g/mol. The molecule has 1 aromatic carbocycles. The molecule has 17 heavy (non-hydrogen) atoms. The Morgan fingerprint density at radius 2 is 2.06 bits per heavy atom. The number of aromatic nitrogens is 1. The fraction of sp³-hybridized carbons (Fsp3) is 0. The topological polar surface area (TPSA) is 66.2 Å². The van der Waals surface area contributed by atoms with Gasteiger partial charge in [0, 0.05) is 0 Å². The van der Waals surface area contributed by atoms with Gasteiger partial charge >= 0.3 is 0 Å². The molecule has 0 unspecified atom stereocenters. The molecular formula is C12H6NO3S-. The quantitative estimate of drug-likeness (QED) is 0.690. The smallest absolute Gasteiger partial charge is 0.163 e. The molecule has 2 aromatic heterocycles. The summed E-state index contributed by atoms with van der Waals surface area (Å²) >= 11 is 1.46. The highest BCUT2D eigenvalue weighted by atomic mass is 32.1. The molecule has 0 spiro atoms. The number of nitrogens with zero attached hydrogens (tertiary/aromatic N) is 1. The third-order valence-electron chi connectivity index (χ3n) is 2.31. The number of carbonyl (C=O) groups excluding carboxylic acids is 1. The predicted octanol–water partition coefficient (Wildman–Crippen LogP) is 1.92. The molecule has 0 amide bonds. The number of carboxylic acid groups (broad SMARTS) is 1. The Bertz CT molecular complexity index is 665. The molecule has 0 bridgehead atoms. The second-order valence-electron chi connectivity index (χ2n) is 3.44. The van der Waals surface area contributed by atoms with E-state index in [-0.39, 0.29) is 5.76 Å². The van der Waals surface area contributed by atoms with Gasteiger partial charge in [-0.2, -0.15) is 0 Å². The maximum atomic E-state index is 10.6. The minimum absolute atomic E-state index is 0.181. The van der Waals surface area contributed by atoms with E-state index in [1.807, 2.05) is 24.3 Å². The molecule has 0 saturated heterocycles. The van der Waals surface area contributed by atoms with E-state index in [0.717, 1.165) is 10.2 Å². The molecule has 0 aliphatic heterocycles. The third kappa shape index (κ3) is 1.70. The Labute approximate surface area is 100 Å². The van der Waals surface area contributed by atoms with Gasteiger partial charge in [0.25, 0.3) is 0 Å². The fourth-order valence-corrected chi connectivity index (χ4v) is 2.47. The van der Waals surface area contributed by atoms with E-state index < -0.39 is 5.97 Å². The highest BCUT2D eigenvalue weighted by molar-refractivity contribution is 7.21. The lowest BCUT2D eigenvalue weighted by atomic mass is 10.3. The summed E-state index contributed by atoms with van der Waals surface area (Å²) in [5.41, 5.74) is 0.874. The van der Waals surface area contributed by atoms with E-state index in [1.54, 1.807) is 6.07 Å². The summed E-state index contributed by atoms with van der Waals surface area (Å²) < 4.78 is 6.18. The molecule has 0 N–H and O–H groups in total. The van der Waals surface area contributed by atoms with Crippen LogP contribution >= 0.6 is 11.3 Å². The molecule has 3 rings (SSSR count). The van der Waals surface area contributed by atoms with Crippen LogP contribution in [-0.2, 0) is 0 Å². The monoisotopic (exact) mass is 244 g/mol.